The van der Waals surface area contributed by atoms with E-state index < -0.39 is 22.0 Å². The zero-order valence-corrected chi connectivity index (χ0v) is 14.3. The van der Waals surface area contributed by atoms with E-state index in [1.165, 1.54) is 22.5 Å². The molecule has 0 aromatic heterocycles. The van der Waals surface area contributed by atoms with Gasteiger partial charge in [-0.3, -0.25) is 9.69 Å². The molecule has 1 fully saturated rings. The van der Waals surface area contributed by atoms with E-state index in [1.54, 1.807) is 6.92 Å². The van der Waals surface area contributed by atoms with Crippen molar-refractivity contribution in [1.29, 1.82) is 0 Å². The van der Waals surface area contributed by atoms with Crippen LogP contribution in [0.3, 0.4) is 0 Å². The predicted molar refractivity (Wildman–Crippen MR) is 85.5 cm³/mol. The summed E-state index contributed by atoms with van der Waals surface area (Å²) in [6, 6.07) is 3.83. The number of benzene rings is 1. The van der Waals surface area contributed by atoms with E-state index in [0.29, 0.717) is 31.2 Å². The van der Waals surface area contributed by atoms with Crippen LogP contribution in [-0.4, -0.2) is 55.8 Å². The van der Waals surface area contributed by atoms with Crippen LogP contribution in [0.5, 0.6) is 0 Å². The van der Waals surface area contributed by atoms with Crippen molar-refractivity contribution in [1.82, 2.24) is 9.21 Å². The zero-order chi connectivity index (χ0) is 16.5. The van der Waals surface area contributed by atoms with Crippen molar-refractivity contribution in [3.63, 3.8) is 0 Å². The van der Waals surface area contributed by atoms with Gasteiger partial charge in [-0.15, -0.1) is 0 Å². The number of sulfonamides is 1. The normalized spacial score (nSPS) is 19.0. The molecular formula is C13H17Cl2N3O3S. The van der Waals surface area contributed by atoms with Crippen molar-refractivity contribution < 1.29 is 13.2 Å². The Balaban J connectivity index is 2.12. The number of carbonyl (C=O) groups excluding carboxylic acids is 1. The lowest BCUT2D eigenvalue weighted by Gasteiger charge is -2.36. The Hall–Kier alpha value is -0.860. The van der Waals surface area contributed by atoms with Crippen LogP contribution >= 0.6 is 23.2 Å². The lowest BCUT2D eigenvalue weighted by atomic mass is 10.2. The monoisotopic (exact) mass is 365 g/mol. The highest BCUT2D eigenvalue weighted by atomic mass is 35.5. The van der Waals surface area contributed by atoms with Crippen LogP contribution < -0.4 is 5.73 Å². The van der Waals surface area contributed by atoms with Crippen LogP contribution in [0.4, 0.5) is 0 Å². The van der Waals surface area contributed by atoms with E-state index in [9.17, 15) is 13.2 Å². The molecule has 0 saturated carbocycles. The van der Waals surface area contributed by atoms with Gasteiger partial charge in [0.2, 0.25) is 15.9 Å². The summed E-state index contributed by atoms with van der Waals surface area (Å²) in [7, 11) is -3.62. The lowest BCUT2D eigenvalue weighted by molar-refractivity contribution is -0.123. The number of carbonyl (C=O) groups is 1. The third-order valence-corrected chi connectivity index (χ3v) is 6.40. The topological polar surface area (TPSA) is 83.7 Å². The molecule has 0 spiro atoms. The number of nitrogens with zero attached hydrogens (tertiary/aromatic N) is 2. The van der Waals surface area contributed by atoms with Gasteiger partial charge in [0.1, 0.15) is 0 Å². The first-order chi connectivity index (χ1) is 10.2. The van der Waals surface area contributed by atoms with Gasteiger partial charge in [0.05, 0.1) is 21.0 Å². The largest absolute Gasteiger partial charge is 0.368 e. The Kier molecular flexibility index (Phi) is 5.34. The van der Waals surface area contributed by atoms with Crippen LogP contribution in [0, 0.1) is 0 Å². The number of nitrogens with two attached hydrogens (primary N) is 1. The highest BCUT2D eigenvalue weighted by Gasteiger charge is 2.31. The molecule has 2 N–H and O–H groups in total. The molecule has 1 amide bonds. The lowest BCUT2D eigenvalue weighted by Crippen LogP contribution is -2.54. The van der Waals surface area contributed by atoms with Gasteiger partial charge in [-0.1, -0.05) is 23.2 Å². The minimum atomic E-state index is -3.62. The van der Waals surface area contributed by atoms with Gasteiger partial charge in [0.15, 0.2) is 0 Å². The standard InChI is InChI=1S/C13H17Cl2N3O3S/c1-9(13(16)19)17-4-6-18(7-5-17)22(20,21)10-2-3-11(14)12(15)8-10/h2-3,8-9H,4-7H2,1H3,(H2,16,19)/t9-/m1/s1. The second kappa shape index (κ2) is 6.72. The average Bonchev–Trinajstić information content (AvgIpc) is 2.49. The SMILES string of the molecule is C[C@H](C(N)=O)N1CCN(S(=O)(=O)c2ccc(Cl)c(Cl)c2)CC1. The Morgan fingerprint density at radius 1 is 1.18 bits per heavy atom. The summed E-state index contributed by atoms with van der Waals surface area (Å²) in [5.74, 6) is -0.416. The Morgan fingerprint density at radius 2 is 1.77 bits per heavy atom. The molecule has 1 aliphatic heterocycles. The zero-order valence-electron chi connectivity index (χ0n) is 12.0. The minimum absolute atomic E-state index is 0.110. The van der Waals surface area contributed by atoms with Crippen molar-refractivity contribution >= 4 is 39.1 Å². The summed E-state index contributed by atoms with van der Waals surface area (Å²) in [5.41, 5.74) is 5.27. The highest BCUT2D eigenvalue weighted by Crippen LogP contribution is 2.27. The fraction of sp³-hybridized carbons (Fsp3) is 0.462. The van der Waals surface area contributed by atoms with Crippen molar-refractivity contribution in [2.75, 3.05) is 26.2 Å². The van der Waals surface area contributed by atoms with E-state index in [0.717, 1.165) is 0 Å². The summed E-state index contributed by atoms with van der Waals surface area (Å²) in [6.45, 7) is 3.20. The second-order valence-electron chi connectivity index (χ2n) is 5.09. The molecule has 0 aliphatic carbocycles. The number of primary amides is 1. The third kappa shape index (κ3) is 3.55. The second-order valence-corrected chi connectivity index (χ2v) is 7.85. The van der Waals surface area contributed by atoms with Gasteiger partial charge < -0.3 is 5.73 Å². The van der Waals surface area contributed by atoms with E-state index in [-0.39, 0.29) is 9.92 Å². The van der Waals surface area contributed by atoms with E-state index in [2.05, 4.69) is 0 Å². The van der Waals surface area contributed by atoms with Gasteiger partial charge >= 0.3 is 0 Å². The smallest absolute Gasteiger partial charge is 0.243 e. The summed E-state index contributed by atoms with van der Waals surface area (Å²) in [5, 5.41) is 0.504. The van der Waals surface area contributed by atoms with Crippen molar-refractivity contribution in [3.05, 3.63) is 28.2 Å². The number of piperazine rings is 1. The van der Waals surface area contributed by atoms with Gasteiger partial charge in [0, 0.05) is 26.2 Å². The van der Waals surface area contributed by atoms with Gasteiger partial charge in [-0.2, -0.15) is 4.31 Å². The molecule has 0 radical (unpaired) electrons. The molecule has 1 atom stereocenters. The van der Waals surface area contributed by atoms with Crippen LogP contribution in [0.2, 0.25) is 10.0 Å². The first-order valence-corrected chi connectivity index (χ1v) is 8.91. The number of amides is 1. The molecule has 122 valence electrons. The molecular weight excluding hydrogens is 349 g/mol. The molecule has 0 bridgehead atoms. The molecule has 1 aliphatic rings. The molecule has 2 rings (SSSR count). The summed E-state index contributed by atoms with van der Waals surface area (Å²) in [4.78, 5) is 13.2. The Morgan fingerprint density at radius 3 is 2.27 bits per heavy atom. The number of rotatable bonds is 4. The summed E-state index contributed by atoms with van der Waals surface area (Å²) in [6.07, 6.45) is 0. The molecule has 1 saturated heterocycles. The molecule has 22 heavy (non-hydrogen) atoms. The van der Waals surface area contributed by atoms with Crippen molar-refractivity contribution in [3.8, 4) is 0 Å². The first-order valence-electron chi connectivity index (χ1n) is 6.72. The molecule has 0 unspecified atom stereocenters. The van der Waals surface area contributed by atoms with Gasteiger partial charge in [0.25, 0.3) is 0 Å². The van der Waals surface area contributed by atoms with Gasteiger partial charge in [-0.05, 0) is 25.1 Å². The summed E-state index contributed by atoms with van der Waals surface area (Å²) < 4.78 is 26.5. The Labute approximate surface area is 139 Å². The third-order valence-electron chi connectivity index (χ3n) is 3.76. The van der Waals surface area contributed by atoms with Crippen molar-refractivity contribution in [2.24, 2.45) is 5.73 Å². The highest BCUT2D eigenvalue weighted by molar-refractivity contribution is 7.89. The molecule has 1 aromatic carbocycles. The van der Waals surface area contributed by atoms with Crippen molar-refractivity contribution in [2.45, 2.75) is 17.9 Å². The minimum Gasteiger partial charge on any atom is -0.368 e. The maximum Gasteiger partial charge on any atom is 0.243 e. The van der Waals surface area contributed by atoms with Crippen LogP contribution in [-0.2, 0) is 14.8 Å². The molecule has 1 heterocycles. The number of hydrogen-bond acceptors (Lipinski definition) is 4. The molecule has 9 heteroatoms. The van der Waals surface area contributed by atoms with Gasteiger partial charge in [-0.25, -0.2) is 8.42 Å². The quantitative estimate of drug-likeness (QED) is 0.867. The first kappa shape index (κ1) is 17.5. The molecule has 1 aromatic rings. The van der Waals surface area contributed by atoms with E-state index >= 15 is 0 Å². The van der Waals surface area contributed by atoms with Crippen LogP contribution in [0.15, 0.2) is 23.1 Å². The van der Waals surface area contributed by atoms with Crippen LogP contribution in [0.25, 0.3) is 0 Å². The summed E-state index contributed by atoms with van der Waals surface area (Å²) >= 11 is 11.7. The Bertz CT molecular complexity index is 673. The van der Waals surface area contributed by atoms with Crippen LogP contribution in [0.1, 0.15) is 6.92 Å². The van der Waals surface area contributed by atoms with E-state index in [4.69, 9.17) is 28.9 Å². The van der Waals surface area contributed by atoms with E-state index in [1.807, 2.05) is 4.90 Å². The fourth-order valence-corrected chi connectivity index (χ4v) is 4.11. The predicted octanol–water partition coefficient (Wildman–Crippen LogP) is 1.17. The average molecular weight is 366 g/mol. The molecule has 6 nitrogen and oxygen atoms in total. The number of halogens is 2. The number of hydrogen-bond donors (Lipinski definition) is 1. The maximum atomic E-state index is 12.6. The maximum absolute atomic E-state index is 12.6. The fourth-order valence-electron chi connectivity index (χ4n) is 2.30.